The van der Waals surface area contributed by atoms with Gasteiger partial charge in [-0.15, -0.1) is 0 Å². The van der Waals surface area contributed by atoms with Crippen LogP contribution in [0.3, 0.4) is 0 Å². The van der Waals surface area contributed by atoms with Gasteiger partial charge in [0.1, 0.15) is 0 Å². The van der Waals surface area contributed by atoms with Crippen molar-refractivity contribution in [1.82, 2.24) is 0 Å². The summed E-state index contributed by atoms with van der Waals surface area (Å²) in [5, 5.41) is 0. The molecule has 1 saturated heterocycles. The van der Waals surface area contributed by atoms with Gasteiger partial charge in [0.25, 0.3) is 0 Å². The molecule has 0 aromatic rings. The summed E-state index contributed by atoms with van der Waals surface area (Å²) < 4.78 is 5.58. The molecule has 1 heterocycles. The second kappa shape index (κ2) is 2.78. The second-order valence-corrected chi connectivity index (χ2v) is 4.04. The number of epoxide rings is 1. The van der Waals surface area contributed by atoms with E-state index in [1.807, 2.05) is 0 Å². The highest BCUT2D eigenvalue weighted by Gasteiger charge is 2.49. The number of rotatable bonds is 2. The molecule has 1 nitrogen and oxygen atoms in total. The van der Waals surface area contributed by atoms with Crippen molar-refractivity contribution in [3.8, 4) is 0 Å². The molecule has 1 atom stereocenters. The lowest BCUT2D eigenvalue weighted by molar-refractivity contribution is 0.169. The Kier molecular flexibility index (Phi) is 1.92. The van der Waals surface area contributed by atoms with E-state index in [0.717, 1.165) is 12.5 Å². The van der Waals surface area contributed by atoms with Crippen LogP contribution in [0.2, 0.25) is 0 Å². The fraction of sp³-hybridized carbons (Fsp3) is 1.00. The Bertz CT molecular complexity index is 132. The maximum atomic E-state index is 5.58. The minimum Gasteiger partial charge on any atom is -0.369 e. The van der Waals surface area contributed by atoms with Crippen LogP contribution < -0.4 is 0 Å². The molecule has 0 aromatic heterocycles. The van der Waals surface area contributed by atoms with E-state index >= 15 is 0 Å². The molecule has 1 unspecified atom stereocenters. The van der Waals surface area contributed by atoms with Gasteiger partial charge in [-0.1, -0.05) is 26.2 Å². The first-order valence-electron chi connectivity index (χ1n) is 5.01. The van der Waals surface area contributed by atoms with Crippen LogP contribution in [0.5, 0.6) is 0 Å². The van der Waals surface area contributed by atoms with E-state index in [9.17, 15) is 0 Å². The fourth-order valence-corrected chi connectivity index (χ4v) is 2.45. The first kappa shape index (κ1) is 7.60. The molecule has 0 spiro atoms. The summed E-state index contributed by atoms with van der Waals surface area (Å²) in [6, 6.07) is 0. The molecule has 64 valence electrons. The number of hydrogen-bond acceptors (Lipinski definition) is 1. The fourth-order valence-electron chi connectivity index (χ4n) is 2.45. The molecule has 1 saturated carbocycles. The second-order valence-electron chi connectivity index (χ2n) is 4.04. The Morgan fingerprint density at radius 3 is 2.36 bits per heavy atom. The van der Waals surface area contributed by atoms with Crippen LogP contribution in [-0.4, -0.2) is 12.2 Å². The quantitative estimate of drug-likeness (QED) is 0.557. The third kappa shape index (κ3) is 1.31. The zero-order chi connectivity index (χ0) is 7.73. The van der Waals surface area contributed by atoms with Gasteiger partial charge >= 0.3 is 0 Å². The van der Waals surface area contributed by atoms with Crippen LogP contribution in [0, 0.1) is 5.92 Å². The molecule has 2 fully saturated rings. The largest absolute Gasteiger partial charge is 0.369 e. The molecular formula is C10H18O. The molecule has 1 aliphatic heterocycles. The van der Waals surface area contributed by atoms with Gasteiger partial charge in [0.15, 0.2) is 0 Å². The molecule has 0 radical (unpaired) electrons. The molecule has 0 N–H and O–H groups in total. The van der Waals surface area contributed by atoms with Crippen LogP contribution in [0.1, 0.15) is 45.4 Å². The summed E-state index contributed by atoms with van der Waals surface area (Å²) in [6.07, 6.45) is 8.42. The summed E-state index contributed by atoms with van der Waals surface area (Å²) in [5.41, 5.74) is 0.362. The average molecular weight is 154 g/mol. The topological polar surface area (TPSA) is 12.5 Å². The summed E-state index contributed by atoms with van der Waals surface area (Å²) in [7, 11) is 0. The van der Waals surface area contributed by atoms with Crippen LogP contribution in [-0.2, 0) is 4.74 Å². The highest BCUT2D eigenvalue weighted by Crippen LogP contribution is 2.45. The summed E-state index contributed by atoms with van der Waals surface area (Å²) in [4.78, 5) is 0. The third-order valence-electron chi connectivity index (χ3n) is 3.46. The van der Waals surface area contributed by atoms with Crippen molar-refractivity contribution in [2.24, 2.45) is 5.92 Å². The van der Waals surface area contributed by atoms with Gasteiger partial charge in [0.05, 0.1) is 12.2 Å². The Morgan fingerprint density at radius 2 is 1.91 bits per heavy atom. The van der Waals surface area contributed by atoms with Crippen LogP contribution in [0.25, 0.3) is 0 Å². The molecule has 11 heavy (non-hydrogen) atoms. The van der Waals surface area contributed by atoms with Gasteiger partial charge in [-0.25, -0.2) is 0 Å². The zero-order valence-corrected chi connectivity index (χ0v) is 7.44. The van der Waals surface area contributed by atoms with E-state index in [1.165, 1.54) is 38.5 Å². The van der Waals surface area contributed by atoms with E-state index in [-0.39, 0.29) is 0 Å². The van der Waals surface area contributed by atoms with Crippen molar-refractivity contribution in [3.05, 3.63) is 0 Å². The minimum absolute atomic E-state index is 0.362. The lowest BCUT2D eigenvalue weighted by Gasteiger charge is -2.26. The van der Waals surface area contributed by atoms with Crippen molar-refractivity contribution >= 4 is 0 Å². The highest BCUT2D eigenvalue weighted by molar-refractivity contribution is 4.97. The first-order chi connectivity index (χ1) is 5.37. The Labute approximate surface area is 69.1 Å². The predicted molar refractivity (Wildman–Crippen MR) is 45.5 cm³/mol. The Hall–Kier alpha value is -0.0400. The molecule has 0 amide bonds. The normalized spacial score (nSPS) is 39.0. The van der Waals surface area contributed by atoms with Crippen molar-refractivity contribution in [1.29, 1.82) is 0 Å². The maximum Gasteiger partial charge on any atom is 0.0941 e. The smallest absolute Gasteiger partial charge is 0.0941 e. The summed E-state index contributed by atoms with van der Waals surface area (Å²) >= 11 is 0. The molecular weight excluding hydrogens is 136 g/mol. The Morgan fingerprint density at radius 1 is 1.27 bits per heavy atom. The van der Waals surface area contributed by atoms with E-state index < -0.39 is 0 Å². The molecule has 2 aliphatic rings. The third-order valence-corrected chi connectivity index (χ3v) is 3.46. The molecule has 1 aliphatic carbocycles. The molecule has 0 bridgehead atoms. The van der Waals surface area contributed by atoms with Gasteiger partial charge in [-0.05, 0) is 25.2 Å². The SMILES string of the molecule is CCC1(C2CCCCC2)CO1. The highest BCUT2D eigenvalue weighted by atomic mass is 16.6. The lowest BCUT2D eigenvalue weighted by atomic mass is 9.79. The van der Waals surface area contributed by atoms with Crippen molar-refractivity contribution in [2.45, 2.75) is 51.0 Å². The van der Waals surface area contributed by atoms with E-state index in [1.54, 1.807) is 0 Å². The molecule has 2 rings (SSSR count). The van der Waals surface area contributed by atoms with E-state index in [2.05, 4.69) is 6.92 Å². The van der Waals surface area contributed by atoms with Gasteiger partial charge in [0, 0.05) is 0 Å². The van der Waals surface area contributed by atoms with E-state index in [4.69, 9.17) is 4.74 Å². The molecule has 1 heteroatoms. The van der Waals surface area contributed by atoms with Crippen molar-refractivity contribution in [3.63, 3.8) is 0 Å². The average Bonchev–Trinajstić information content (AvgIpc) is 2.86. The number of hydrogen-bond donors (Lipinski definition) is 0. The van der Waals surface area contributed by atoms with Gasteiger partial charge in [-0.3, -0.25) is 0 Å². The van der Waals surface area contributed by atoms with Crippen LogP contribution >= 0.6 is 0 Å². The van der Waals surface area contributed by atoms with Gasteiger partial charge in [0.2, 0.25) is 0 Å². The summed E-state index contributed by atoms with van der Waals surface area (Å²) in [6.45, 7) is 3.32. The summed E-state index contributed by atoms with van der Waals surface area (Å²) in [5.74, 6) is 0.904. The molecule has 0 aromatic carbocycles. The maximum absolute atomic E-state index is 5.58. The van der Waals surface area contributed by atoms with Crippen LogP contribution in [0.15, 0.2) is 0 Å². The van der Waals surface area contributed by atoms with E-state index in [0.29, 0.717) is 5.60 Å². The zero-order valence-electron chi connectivity index (χ0n) is 7.44. The number of ether oxygens (including phenoxy) is 1. The Balaban J connectivity index is 1.92. The monoisotopic (exact) mass is 154 g/mol. The minimum atomic E-state index is 0.362. The lowest BCUT2D eigenvalue weighted by Crippen LogP contribution is -2.25. The first-order valence-corrected chi connectivity index (χ1v) is 5.01. The van der Waals surface area contributed by atoms with Gasteiger partial charge in [-0.2, -0.15) is 0 Å². The van der Waals surface area contributed by atoms with Crippen LogP contribution in [0.4, 0.5) is 0 Å². The van der Waals surface area contributed by atoms with Crippen molar-refractivity contribution in [2.75, 3.05) is 6.61 Å². The standard InChI is InChI=1S/C10H18O/c1-2-10(8-11-10)9-6-4-3-5-7-9/h9H,2-8H2,1H3. The predicted octanol–water partition coefficient (Wildman–Crippen LogP) is 2.75. The van der Waals surface area contributed by atoms with Gasteiger partial charge < -0.3 is 4.74 Å². The van der Waals surface area contributed by atoms with Crippen molar-refractivity contribution < 1.29 is 4.74 Å².